The van der Waals surface area contributed by atoms with Crippen molar-refractivity contribution in [2.24, 2.45) is 5.92 Å². The summed E-state index contributed by atoms with van der Waals surface area (Å²) in [6.45, 7) is 3.54. The van der Waals surface area contributed by atoms with E-state index < -0.39 is 11.4 Å². The van der Waals surface area contributed by atoms with Crippen LogP contribution >= 0.6 is 0 Å². The molecule has 2 N–H and O–H groups in total. The zero-order chi connectivity index (χ0) is 11.6. The Morgan fingerprint density at radius 3 is 2.69 bits per heavy atom. The van der Waals surface area contributed by atoms with E-state index in [1.165, 1.54) is 0 Å². The van der Waals surface area contributed by atoms with E-state index in [1.807, 2.05) is 37.3 Å². The molecule has 2 atom stereocenters. The van der Waals surface area contributed by atoms with Crippen LogP contribution in [0.4, 0.5) is 0 Å². The van der Waals surface area contributed by atoms with Crippen molar-refractivity contribution in [2.75, 3.05) is 13.1 Å². The molecule has 86 valence electrons. The number of carboxylic acid groups (broad SMARTS) is 1. The van der Waals surface area contributed by atoms with Gasteiger partial charge in [-0.05, 0) is 31.0 Å². The maximum Gasteiger partial charge on any atom is 0.314 e. The summed E-state index contributed by atoms with van der Waals surface area (Å²) in [5.74, 6) is -0.589. The molecule has 16 heavy (non-hydrogen) atoms. The van der Waals surface area contributed by atoms with E-state index in [2.05, 4.69) is 5.32 Å². The highest BCUT2D eigenvalue weighted by Crippen LogP contribution is 2.37. The number of aliphatic carboxylic acids is 1. The van der Waals surface area contributed by atoms with Crippen LogP contribution in [0.1, 0.15) is 18.9 Å². The third kappa shape index (κ3) is 1.61. The summed E-state index contributed by atoms with van der Waals surface area (Å²) in [6.07, 6.45) is 0.660. The average molecular weight is 219 g/mol. The highest BCUT2D eigenvalue weighted by atomic mass is 16.4. The number of hydrogen-bond donors (Lipinski definition) is 2. The molecule has 1 aromatic carbocycles. The standard InChI is InChI=1S/C13H17NO2/c1-10-9-14-8-7-13(10,12(15)16)11-5-3-2-4-6-11/h2-6,10,14H,7-9H2,1H3,(H,15,16)/t10-,13-/m0/s1. The van der Waals surface area contributed by atoms with Gasteiger partial charge in [-0.15, -0.1) is 0 Å². The summed E-state index contributed by atoms with van der Waals surface area (Å²) in [7, 11) is 0. The summed E-state index contributed by atoms with van der Waals surface area (Å²) in [4.78, 5) is 11.7. The molecule has 0 spiro atoms. The lowest BCUT2D eigenvalue weighted by Gasteiger charge is -2.39. The molecule has 0 aromatic heterocycles. The van der Waals surface area contributed by atoms with Gasteiger partial charge in [-0.3, -0.25) is 4.79 Å². The molecule has 2 rings (SSSR count). The molecule has 0 unspecified atom stereocenters. The Labute approximate surface area is 95.5 Å². The molecular weight excluding hydrogens is 202 g/mol. The fraction of sp³-hybridized carbons (Fsp3) is 0.462. The van der Waals surface area contributed by atoms with Gasteiger partial charge in [0.15, 0.2) is 0 Å². The van der Waals surface area contributed by atoms with E-state index in [0.29, 0.717) is 6.42 Å². The molecule has 1 aliphatic heterocycles. The van der Waals surface area contributed by atoms with Gasteiger partial charge in [-0.1, -0.05) is 37.3 Å². The van der Waals surface area contributed by atoms with Crippen LogP contribution in [0.3, 0.4) is 0 Å². The maximum atomic E-state index is 11.7. The van der Waals surface area contributed by atoms with E-state index >= 15 is 0 Å². The normalized spacial score (nSPS) is 29.9. The Kier molecular flexibility index (Phi) is 2.97. The SMILES string of the molecule is C[C@H]1CNCC[C@@]1(C(=O)O)c1ccccc1. The van der Waals surface area contributed by atoms with Crippen LogP contribution < -0.4 is 5.32 Å². The van der Waals surface area contributed by atoms with Crippen molar-refractivity contribution >= 4 is 5.97 Å². The van der Waals surface area contributed by atoms with Crippen LogP contribution in [0.5, 0.6) is 0 Å². The molecule has 3 heteroatoms. The predicted molar refractivity (Wildman–Crippen MR) is 62.4 cm³/mol. The molecular formula is C13H17NO2. The lowest BCUT2D eigenvalue weighted by molar-refractivity contribution is -0.147. The van der Waals surface area contributed by atoms with Crippen LogP contribution in [0, 0.1) is 5.92 Å². The van der Waals surface area contributed by atoms with Crippen LogP contribution in [-0.2, 0) is 10.2 Å². The van der Waals surface area contributed by atoms with E-state index in [4.69, 9.17) is 0 Å². The van der Waals surface area contributed by atoms with Gasteiger partial charge in [0.05, 0.1) is 5.41 Å². The number of carbonyl (C=O) groups is 1. The van der Waals surface area contributed by atoms with Crippen LogP contribution in [-0.4, -0.2) is 24.2 Å². The zero-order valence-corrected chi connectivity index (χ0v) is 9.44. The summed E-state index contributed by atoms with van der Waals surface area (Å²) in [5.41, 5.74) is 0.212. The van der Waals surface area contributed by atoms with Crippen molar-refractivity contribution in [1.82, 2.24) is 5.32 Å². The van der Waals surface area contributed by atoms with Crippen molar-refractivity contribution in [2.45, 2.75) is 18.8 Å². The van der Waals surface area contributed by atoms with Gasteiger partial charge < -0.3 is 10.4 Å². The van der Waals surface area contributed by atoms with Gasteiger partial charge in [-0.2, -0.15) is 0 Å². The third-order valence-corrected chi connectivity index (χ3v) is 3.66. The molecule has 1 fully saturated rings. The second-order valence-electron chi connectivity index (χ2n) is 4.50. The van der Waals surface area contributed by atoms with Crippen LogP contribution in [0.2, 0.25) is 0 Å². The predicted octanol–water partition coefficient (Wildman–Crippen LogP) is 1.64. The monoisotopic (exact) mass is 219 g/mol. The minimum atomic E-state index is -0.716. The maximum absolute atomic E-state index is 11.7. The van der Waals surface area contributed by atoms with Gasteiger partial charge in [-0.25, -0.2) is 0 Å². The van der Waals surface area contributed by atoms with E-state index in [1.54, 1.807) is 0 Å². The first kappa shape index (κ1) is 11.1. The topological polar surface area (TPSA) is 49.3 Å². The van der Waals surface area contributed by atoms with Crippen LogP contribution in [0.25, 0.3) is 0 Å². The number of carboxylic acids is 1. The van der Waals surface area contributed by atoms with Crippen molar-refractivity contribution in [3.63, 3.8) is 0 Å². The van der Waals surface area contributed by atoms with Gasteiger partial charge in [0, 0.05) is 0 Å². The van der Waals surface area contributed by atoms with E-state index in [0.717, 1.165) is 18.7 Å². The fourth-order valence-corrected chi connectivity index (χ4v) is 2.63. The summed E-state index contributed by atoms with van der Waals surface area (Å²) in [5, 5.41) is 12.8. The number of hydrogen-bond acceptors (Lipinski definition) is 2. The lowest BCUT2D eigenvalue weighted by atomic mass is 9.67. The lowest BCUT2D eigenvalue weighted by Crippen LogP contribution is -2.51. The molecule has 0 saturated carbocycles. The molecule has 3 nitrogen and oxygen atoms in total. The van der Waals surface area contributed by atoms with Crippen molar-refractivity contribution in [3.8, 4) is 0 Å². The first-order valence-corrected chi connectivity index (χ1v) is 5.67. The molecule has 1 aromatic rings. The average Bonchev–Trinajstić information content (AvgIpc) is 2.30. The van der Waals surface area contributed by atoms with E-state index in [-0.39, 0.29) is 5.92 Å². The van der Waals surface area contributed by atoms with Gasteiger partial charge in [0.25, 0.3) is 0 Å². The van der Waals surface area contributed by atoms with E-state index in [9.17, 15) is 9.90 Å². The largest absolute Gasteiger partial charge is 0.481 e. The van der Waals surface area contributed by atoms with Crippen molar-refractivity contribution < 1.29 is 9.90 Å². The number of benzene rings is 1. The minimum Gasteiger partial charge on any atom is -0.481 e. The summed E-state index contributed by atoms with van der Waals surface area (Å²) < 4.78 is 0. The molecule has 0 bridgehead atoms. The third-order valence-electron chi connectivity index (χ3n) is 3.66. The smallest absolute Gasteiger partial charge is 0.314 e. The Morgan fingerprint density at radius 2 is 2.12 bits per heavy atom. The minimum absolute atomic E-state index is 0.112. The highest BCUT2D eigenvalue weighted by Gasteiger charge is 2.46. The number of rotatable bonds is 2. The fourth-order valence-electron chi connectivity index (χ4n) is 2.63. The molecule has 1 aliphatic rings. The molecule has 0 amide bonds. The van der Waals surface area contributed by atoms with Gasteiger partial charge in [0.1, 0.15) is 0 Å². The quantitative estimate of drug-likeness (QED) is 0.795. The van der Waals surface area contributed by atoms with Gasteiger partial charge in [0.2, 0.25) is 0 Å². The number of nitrogens with one attached hydrogen (secondary N) is 1. The van der Waals surface area contributed by atoms with Gasteiger partial charge >= 0.3 is 5.97 Å². The second-order valence-corrected chi connectivity index (χ2v) is 4.50. The summed E-state index contributed by atoms with van der Waals surface area (Å²) >= 11 is 0. The summed E-state index contributed by atoms with van der Waals surface area (Å²) in [6, 6.07) is 9.60. The number of piperidine rings is 1. The Hall–Kier alpha value is -1.35. The van der Waals surface area contributed by atoms with Crippen LogP contribution in [0.15, 0.2) is 30.3 Å². The zero-order valence-electron chi connectivity index (χ0n) is 9.44. The first-order chi connectivity index (χ1) is 7.68. The molecule has 1 heterocycles. The Bertz CT molecular complexity index is 377. The molecule has 0 aliphatic carbocycles. The highest BCUT2D eigenvalue weighted by molar-refractivity contribution is 5.82. The van der Waals surface area contributed by atoms with Crippen molar-refractivity contribution in [3.05, 3.63) is 35.9 Å². The van der Waals surface area contributed by atoms with Crippen molar-refractivity contribution in [1.29, 1.82) is 0 Å². The second kappa shape index (κ2) is 4.26. The first-order valence-electron chi connectivity index (χ1n) is 5.67. The molecule has 1 saturated heterocycles. The Morgan fingerprint density at radius 1 is 1.44 bits per heavy atom. The Balaban J connectivity index is 2.46. The molecule has 0 radical (unpaired) electrons.